The molecule has 1 aromatic heterocycles. The Morgan fingerprint density at radius 1 is 1.47 bits per heavy atom. The zero-order chi connectivity index (χ0) is 12.4. The fraction of sp³-hybridized carbons (Fsp3) is 0.364. The summed E-state index contributed by atoms with van der Waals surface area (Å²) in [6, 6.07) is 3.65. The molecule has 1 amide bonds. The Morgan fingerprint density at radius 3 is 2.71 bits per heavy atom. The maximum absolute atomic E-state index is 10.9. The summed E-state index contributed by atoms with van der Waals surface area (Å²) in [6.07, 6.45) is 1.70. The van der Waals surface area contributed by atoms with Crippen LogP contribution in [0.25, 0.3) is 0 Å². The predicted octanol–water partition coefficient (Wildman–Crippen LogP) is 1.08. The van der Waals surface area contributed by atoms with Crippen LogP contribution < -0.4 is 10.3 Å². The summed E-state index contributed by atoms with van der Waals surface area (Å²) in [4.78, 5) is 17.0. The van der Waals surface area contributed by atoms with Crippen LogP contribution in [0.5, 0.6) is 0 Å². The molecule has 0 spiro atoms. The highest BCUT2D eigenvalue weighted by Gasteiger charge is 2.17. The van der Waals surface area contributed by atoms with Gasteiger partial charge in [0.2, 0.25) is 5.91 Å². The number of amidine groups is 1. The smallest absolute Gasteiger partial charge is 0.222 e. The lowest BCUT2D eigenvalue weighted by Crippen LogP contribution is -2.25. The van der Waals surface area contributed by atoms with Crippen molar-refractivity contribution in [2.75, 3.05) is 24.0 Å². The van der Waals surface area contributed by atoms with E-state index in [-0.39, 0.29) is 5.91 Å². The maximum atomic E-state index is 10.9. The molecule has 1 aliphatic rings. The number of carbonyl (C=O) groups is 1. The number of nitrogens with one attached hydrogen (secondary N) is 1. The van der Waals surface area contributed by atoms with E-state index < -0.39 is 0 Å². The first-order valence-electron chi connectivity index (χ1n) is 5.34. The van der Waals surface area contributed by atoms with Crippen LogP contribution >= 0.6 is 0 Å². The number of anilines is 2. The Bertz CT molecular complexity index is 453. The summed E-state index contributed by atoms with van der Waals surface area (Å²) in [6.45, 7) is 4.13. The van der Waals surface area contributed by atoms with Gasteiger partial charge in [-0.05, 0) is 19.1 Å². The molecule has 6 nitrogen and oxygen atoms in total. The highest BCUT2D eigenvalue weighted by atomic mass is 16.1. The molecule has 0 radical (unpaired) electrons. The molecule has 0 fully saturated rings. The average Bonchev–Trinajstić information content (AvgIpc) is 2.59. The maximum Gasteiger partial charge on any atom is 0.222 e. The quantitative estimate of drug-likeness (QED) is 0.830. The van der Waals surface area contributed by atoms with E-state index in [2.05, 4.69) is 15.4 Å². The molecule has 2 rings (SSSR count). The van der Waals surface area contributed by atoms with Crippen molar-refractivity contribution in [3.63, 3.8) is 0 Å². The Kier molecular flexibility index (Phi) is 2.95. The summed E-state index contributed by atoms with van der Waals surface area (Å²) in [5.74, 6) is 1.39. The van der Waals surface area contributed by atoms with E-state index in [1.807, 2.05) is 29.9 Å². The van der Waals surface area contributed by atoms with Gasteiger partial charge in [-0.2, -0.15) is 5.10 Å². The summed E-state index contributed by atoms with van der Waals surface area (Å²) in [7, 11) is 1.98. The van der Waals surface area contributed by atoms with Crippen molar-refractivity contribution >= 4 is 23.2 Å². The minimum Gasteiger partial charge on any atom is -0.342 e. The van der Waals surface area contributed by atoms with E-state index in [4.69, 9.17) is 0 Å². The fourth-order valence-electron chi connectivity index (χ4n) is 1.52. The molecule has 90 valence electrons. The molecule has 0 saturated heterocycles. The SMILES string of the molecule is CC(=O)Nc1ccc(N2CN(C)C(C)=N2)cn1. The van der Waals surface area contributed by atoms with Crippen molar-refractivity contribution in [3.05, 3.63) is 18.3 Å². The molecule has 0 saturated carbocycles. The molecular formula is C11H15N5O. The molecule has 1 N–H and O–H groups in total. The van der Waals surface area contributed by atoms with E-state index in [1.165, 1.54) is 6.92 Å². The van der Waals surface area contributed by atoms with Crippen LogP contribution in [0.3, 0.4) is 0 Å². The van der Waals surface area contributed by atoms with Crippen LogP contribution in [-0.2, 0) is 4.79 Å². The van der Waals surface area contributed by atoms with Crippen LogP contribution in [0.15, 0.2) is 23.4 Å². The van der Waals surface area contributed by atoms with E-state index in [1.54, 1.807) is 12.3 Å². The number of carbonyl (C=O) groups excluding carboxylic acids is 1. The van der Waals surface area contributed by atoms with Gasteiger partial charge in [0.05, 0.1) is 11.9 Å². The molecule has 0 unspecified atom stereocenters. The number of rotatable bonds is 2. The zero-order valence-corrected chi connectivity index (χ0v) is 10.1. The molecule has 0 aliphatic carbocycles. The van der Waals surface area contributed by atoms with Crippen molar-refractivity contribution in [1.29, 1.82) is 0 Å². The van der Waals surface area contributed by atoms with Crippen LogP contribution in [0, 0.1) is 0 Å². The fourth-order valence-corrected chi connectivity index (χ4v) is 1.52. The third-order valence-corrected chi connectivity index (χ3v) is 2.51. The minimum atomic E-state index is -0.125. The Balaban J connectivity index is 2.11. The lowest BCUT2D eigenvalue weighted by Gasteiger charge is -2.15. The topological polar surface area (TPSA) is 60.8 Å². The summed E-state index contributed by atoms with van der Waals surface area (Å²) in [5.41, 5.74) is 0.905. The van der Waals surface area contributed by atoms with Gasteiger partial charge in [0.1, 0.15) is 18.3 Å². The van der Waals surface area contributed by atoms with Gasteiger partial charge in [0.15, 0.2) is 0 Å². The zero-order valence-electron chi connectivity index (χ0n) is 10.1. The van der Waals surface area contributed by atoms with Crippen molar-refractivity contribution in [1.82, 2.24) is 9.88 Å². The number of hydrogen-bond donors (Lipinski definition) is 1. The van der Waals surface area contributed by atoms with Crippen LogP contribution in [0.1, 0.15) is 13.8 Å². The van der Waals surface area contributed by atoms with Crippen molar-refractivity contribution in [2.24, 2.45) is 5.10 Å². The molecule has 17 heavy (non-hydrogen) atoms. The first-order valence-corrected chi connectivity index (χ1v) is 5.34. The molecular weight excluding hydrogens is 218 g/mol. The molecule has 0 bridgehead atoms. The van der Waals surface area contributed by atoms with E-state index in [9.17, 15) is 4.79 Å². The molecule has 0 aromatic carbocycles. The first kappa shape index (κ1) is 11.4. The van der Waals surface area contributed by atoms with Gasteiger partial charge in [-0.3, -0.25) is 4.79 Å². The number of pyridine rings is 1. The minimum absolute atomic E-state index is 0.125. The monoisotopic (exact) mass is 233 g/mol. The molecule has 2 heterocycles. The second-order valence-electron chi connectivity index (χ2n) is 3.97. The lowest BCUT2D eigenvalue weighted by atomic mass is 10.4. The highest BCUT2D eigenvalue weighted by molar-refractivity contribution is 5.87. The summed E-state index contributed by atoms with van der Waals surface area (Å²) >= 11 is 0. The number of hydrazone groups is 1. The second-order valence-corrected chi connectivity index (χ2v) is 3.97. The Hall–Kier alpha value is -2.11. The van der Waals surface area contributed by atoms with Gasteiger partial charge in [-0.1, -0.05) is 0 Å². The Morgan fingerprint density at radius 2 is 2.24 bits per heavy atom. The van der Waals surface area contributed by atoms with Crippen molar-refractivity contribution < 1.29 is 4.79 Å². The molecule has 1 aromatic rings. The number of hydrogen-bond acceptors (Lipinski definition) is 5. The standard InChI is InChI=1S/C11H15N5O/c1-8-14-16(7-15(8)3)10-4-5-11(12-6-10)13-9(2)17/h4-6H,7H2,1-3H3,(H,12,13,17). The molecule has 0 atom stereocenters. The van der Waals surface area contributed by atoms with Gasteiger partial charge in [0, 0.05) is 14.0 Å². The second kappa shape index (κ2) is 4.40. The molecule has 1 aliphatic heterocycles. The van der Waals surface area contributed by atoms with E-state index in [0.29, 0.717) is 12.5 Å². The third-order valence-electron chi connectivity index (χ3n) is 2.51. The lowest BCUT2D eigenvalue weighted by molar-refractivity contribution is -0.114. The van der Waals surface area contributed by atoms with Gasteiger partial charge in [-0.15, -0.1) is 0 Å². The van der Waals surface area contributed by atoms with Crippen LogP contribution in [-0.4, -0.2) is 35.3 Å². The van der Waals surface area contributed by atoms with E-state index in [0.717, 1.165) is 11.5 Å². The van der Waals surface area contributed by atoms with Crippen molar-refractivity contribution in [3.8, 4) is 0 Å². The largest absolute Gasteiger partial charge is 0.342 e. The van der Waals surface area contributed by atoms with Crippen molar-refractivity contribution in [2.45, 2.75) is 13.8 Å². The Labute approximate surface area is 99.9 Å². The van der Waals surface area contributed by atoms with Gasteiger partial charge >= 0.3 is 0 Å². The number of nitrogens with zero attached hydrogens (tertiary/aromatic N) is 4. The normalized spacial score (nSPS) is 14.9. The van der Waals surface area contributed by atoms with Gasteiger partial charge in [-0.25, -0.2) is 9.99 Å². The third kappa shape index (κ3) is 2.52. The van der Waals surface area contributed by atoms with E-state index >= 15 is 0 Å². The van der Waals surface area contributed by atoms with Gasteiger partial charge < -0.3 is 10.2 Å². The first-order chi connectivity index (χ1) is 8.06. The summed E-state index contributed by atoms with van der Waals surface area (Å²) in [5, 5.41) is 8.87. The number of amides is 1. The predicted molar refractivity (Wildman–Crippen MR) is 66.8 cm³/mol. The molecule has 6 heteroatoms. The van der Waals surface area contributed by atoms with Gasteiger partial charge in [0.25, 0.3) is 0 Å². The van der Waals surface area contributed by atoms with Crippen LogP contribution in [0.4, 0.5) is 11.5 Å². The highest BCUT2D eigenvalue weighted by Crippen LogP contribution is 2.19. The summed E-state index contributed by atoms with van der Waals surface area (Å²) < 4.78 is 0. The number of aromatic nitrogens is 1. The average molecular weight is 233 g/mol. The van der Waals surface area contributed by atoms with Crippen LogP contribution in [0.2, 0.25) is 0 Å².